The van der Waals surface area contributed by atoms with E-state index in [1.54, 1.807) is 12.3 Å². The molecule has 0 bridgehead atoms. The molecule has 0 fully saturated rings. The van der Waals surface area contributed by atoms with Crippen LogP contribution in [0.2, 0.25) is 0 Å². The van der Waals surface area contributed by atoms with Crippen molar-refractivity contribution in [3.8, 4) is 10.6 Å². The number of ether oxygens (including phenoxy) is 1. The first-order valence-electron chi connectivity index (χ1n) is 8.44. The smallest absolute Gasteiger partial charge is 0.358 e. The van der Waals surface area contributed by atoms with Crippen LogP contribution in [0.15, 0.2) is 29.6 Å². The minimum Gasteiger partial charge on any atom is -0.448 e. The molecule has 134 valence electrons. The molecule has 1 N–H and O–H groups in total. The van der Waals surface area contributed by atoms with Gasteiger partial charge in [-0.3, -0.25) is 4.79 Å². The molecule has 0 saturated heterocycles. The number of rotatable bonds is 7. The number of amides is 1. The van der Waals surface area contributed by atoms with Gasteiger partial charge in [0.2, 0.25) is 0 Å². The molecule has 1 aromatic heterocycles. The summed E-state index contributed by atoms with van der Waals surface area (Å²) < 4.78 is 5.21. The van der Waals surface area contributed by atoms with Crippen LogP contribution >= 0.6 is 11.3 Å². The molecule has 1 amide bonds. The van der Waals surface area contributed by atoms with Crippen molar-refractivity contribution in [3.05, 3.63) is 40.9 Å². The van der Waals surface area contributed by atoms with Gasteiger partial charge in [-0.15, -0.1) is 11.3 Å². The first-order chi connectivity index (χ1) is 11.9. The van der Waals surface area contributed by atoms with Gasteiger partial charge in [0.1, 0.15) is 5.01 Å². The second-order valence-corrected chi connectivity index (χ2v) is 7.13. The third kappa shape index (κ3) is 5.39. The van der Waals surface area contributed by atoms with E-state index in [9.17, 15) is 9.59 Å². The lowest BCUT2D eigenvalue weighted by molar-refractivity contribution is -0.129. The first-order valence-corrected chi connectivity index (χ1v) is 9.32. The van der Waals surface area contributed by atoms with Crippen LogP contribution in [-0.2, 0) is 16.0 Å². The number of benzene rings is 1. The number of aromatic nitrogens is 1. The normalized spacial score (nSPS) is 12.0. The summed E-state index contributed by atoms with van der Waals surface area (Å²) in [5.74, 6) is -0.542. The second-order valence-electron chi connectivity index (χ2n) is 6.27. The Morgan fingerprint density at radius 2 is 1.88 bits per heavy atom. The number of carbonyl (C=O) groups is 2. The Kier molecular flexibility index (Phi) is 6.70. The quantitative estimate of drug-likeness (QED) is 0.765. The van der Waals surface area contributed by atoms with Crippen LogP contribution < -0.4 is 5.32 Å². The lowest BCUT2D eigenvalue weighted by Gasteiger charge is -2.13. The predicted octanol–water partition coefficient (Wildman–Crippen LogP) is 3.69. The van der Waals surface area contributed by atoms with Gasteiger partial charge in [0.05, 0.1) is 0 Å². The summed E-state index contributed by atoms with van der Waals surface area (Å²) in [6, 6.07) is 8.09. The van der Waals surface area contributed by atoms with Gasteiger partial charge in [-0.05, 0) is 24.8 Å². The Hall–Kier alpha value is -2.21. The summed E-state index contributed by atoms with van der Waals surface area (Å²) in [7, 11) is 0. The van der Waals surface area contributed by atoms with Gasteiger partial charge in [0.25, 0.3) is 5.91 Å². The Morgan fingerprint density at radius 1 is 1.20 bits per heavy atom. The molecular weight excluding hydrogens is 336 g/mol. The summed E-state index contributed by atoms with van der Waals surface area (Å²) in [6.45, 7) is 8.21. The molecule has 0 aliphatic heterocycles. The minimum atomic E-state index is -0.847. The van der Waals surface area contributed by atoms with Crippen LogP contribution in [0.4, 0.5) is 0 Å². The molecule has 0 saturated carbocycles. The number of thiazole rings is 1. The molecule has 1 aromatic carbocycles. The molecule has 5 nitrogen and oxygen atoms in total. The highest BCUT2D eigenvalue weighted by Crippen LogP contribution is 2.24. The van der Waals surface area contributed by atoms with Crippen molar-refractivity contribution < 1.29 is 14.3 Å². The summed E-state index contributed by atoms with van der Waals surface area (Å²) in [5, 5.41) is 5.16. The number of hydrogen-bond donors (Lipinski definition) is 1. The SMILES string of the molecule is CCc1ccc(-c2nc(C(=O)O[C@@H](C)C(=O)NCC(C)C)cs2)cc1. The van der Waals surface area contributed by atoms with Gasteiger partial charge in [0.15, 0.2) is 11.8 Å². The van der Waals surface area contributed by atoms with Crippen LogP contribution in [0.1, 0.15) is 43.7 Å². The Balaban J connectivity index is 1.98. The number of carbonyl (C=O) groups excluding carboxylic acids is 2. The fourth-order valence-corrected chi connectivity index (χ4v) is 2.90. The monoisotopic (exact) mass is 360 g/mol. The Morgan fingerprint density at radius 3 is 2.48 bits per heavy atom. The third-order valence-electron chi connectivity index (χ3n) is 3.66. The average Bonchev–Trinajstić information content (AvgIpc) is 3.09. The molecule has 6 heteroatoms. The van der Waals surface area contributed by atoms with Gasteiger partial charge in [0, 0.05) is 17.5 Å². The largest absolute Gasteiger partial charge is 0.448 e. The molecular formula is C19H24N2O3S. The summed E-state index contributed by atoms with van der Waals surface area (Å²) in [6.07, 6.45) is 0.132. The zero-order valence-corrected chi connectivity index (χ0v) is 15.9. The Labute approximate surface area is 152 Å². The molecule has 2 rings (SSSR count). The van der Waals surface area contributed by atoms with E-state index in [1.165, 1.54) is 16.9 Å². The predicted molar refractivity (Wildman–Crippen MR) is 99.7 cm³/mol. The molecule has 1 atom stereocenters. The van der Waals surface area contributed by atoms with Crippen LogP contribution in [-0.4, -0.2) is 29.5 Å². The number of nitrogens with zero attached hydrogens (tertiary/aromatic N) is 1. The van der Waals surface area contributed by atoms with Crippen LogP contribution in [0.3, 0.4) is 0 Å². The van der Waals surface area contributed by atoms with Crippen LogP contribution in [0.5, 0.6) is 0 Å². The zero-order valence-electron chi connectivity index (χ0n) is 15.0. The fraction of sp³-hybridized carbons (Fsp3) is 0.421. The first kappa shape index (κ1) is 19.1. The van der Waals surface area contributed by atoms with Gasteiger partial charge in [-0.1, -0.05) is 45.0 Å². The maximum absolute atomic E-state index is 12.2. The number of nitrogens with one attached hydrogen (secondary N) is 1. The summed E-state index contributed by atoms with van der Waals surface area (Å²) in [4.78, 5) is 28.4. The fourth-order valence-electron chi connectivity index (χ4n) is 2.11. The van der Waals surface area contributed by atoms with E-state index in [1.807, 2.05) is 26.0 Å². The van der Waals surface area contributed by atoms with E-state index in [4.69, 9.17) is 4.74 Å². The van der Waals surface area contributed by atoms with Crippen molar-refractivity contribution in [1.82, 2.24) is 10.3 Å². The highest BCUT2D eigenvalue weighted by molar-refractivity contribution is 7.13. The van der Waals surface area contributed by atoms with E-state index in [-0.39, 0.29) is 11.6 Å². The maximum Gasteiger partial charge on any atom is 0.358 e. The van der Waals surface area contributed by atoms with Gasteiger partial charge < -0.3 is 10.1 Å². The van der Waals surface area contributed by atoms with Crippen LogP contribution in [0.25, 0.3) is 10.6 Å². The second kappa shape index (κ2) is 8.76. The lowest BCUT2D eigenvalue weighted by atomic mass is 10.1. The molecule has 2 aromatic rings. The Bertz CT molecular complexity index is 723. The summed E-state index contributed by atoms with van der Waals surface area (Å²) >= 11 is 1.38. The van der Waals surface area contributed by atoms with Crippen LogP contribution in [0, 0.1) is 5.92 Å². The molecule has 0 spiro atoms. The maximum atomic E-state index is 12.2. The summed E-state index contributed by atoms with van der Waals surface area (Å²) in [5.41, 5.74) is 2.44. The highest BCUT2D eigenvalue weighted by atomic mass is 32.1. The molecule has 0 unspecified atom stereocenters. The zero-order chi connectivity index (χ0) is 18.4. The molecule has 25 heavy (non-hydrogen) atoms. The van der Waals surface area contributed by atoms with Gasteiger partial charge in [-0.2, -0.15) is 0 Å². The number of esters is 1. The van der Waals surface area contributed by atoms with E-state index in [0.717, 1.165) is 17.0 Å². The minimum absolute atomic E-state index is 0.225. The van der Waals surface area contributed by atoms with E-state index in [2.05, 4.69) is 29.4 Å². The highest BCUT2D eigenvalue weighted by Gasteiger charge is 2.21. The topological polar surface area (TPSA) is 68.3 Å². The van der Waals surface area contributed by atoms with E-state index >= 15 is 0 Å². The van der Waals surface area contributed by atoms with Crippen molar-refractivity contribution in [1.29, 1.82) is 0 Å². The van der Waals surface area contributed by atoms with E-state index < -0.39 is 12.1 Å². The van der Waals surface area contributed by atoms with Gasteiger partial charge in [-0.25, -0.2) is 9.78 Å². The van der Waals surface area contributed by atoms with E-state index in [0.29, 0.717) is 12.5 Å². The third-order valence-corrected chi connectivity index (χ3v) is 4.55. The molecule has 1 heterocycles. The van der Waals surface area contributed by atoms with Crippen molar-refractivity contribution in [3.63, 3.8) is 0 Å². The molecule has 0 radical (unpaired) electrons. The lowest BCUT2D eigenvalue weighted by Crippen LogP contribution is -2.37. The number of hydrogen-bond acceptors (Lipinski definition) is 5. The van der Waals surface area contributed by atoms with Crippen molar-refractivity contribution >= 4 is 23.2 Å². The van der Waals surface area contributed by atoms with Crippen molar-refractivity contribution in [2.75, 3.05) is 6.54 Å². The molecule has 0 aliphatic rings. The molecule has 0 aliphatic carbocycles. The standard InChI is InChI=1S/C19H24N2O3S/c1-5-14-6-8-15(9-7-14)18-21-16(11-25-18)19(23)24-13(4)17(22)20-10-12(2)3/h6-9,11-13H,5,10H2,1-4H3,(H,20,22)/t13-/m0/s1. The number of aryl methyl sites for hydroxylation is 1. The van der Waals surface area contributed by atoms with Crippen molar-refractivity contribution in [2.45, 2.75) is 40.2 Å². The van der Waals surface area contributed by atoms with Gasteiger partial charge >= 0.3 is 5.97 Å². The van der Waals surface area contributed by atoms with Crippen molar-refractivity contribution in [2.24, 2.45) is 5.92 Å². The average molecular weight is 360 g/mol.